The van der Waals surface area contributed by atoms with Gasteiger partial charge in [-0.05, 0) is 31.0 Å². The molecule has 0 aliphatic heterocycles. The third kappa shape index (κ3) is 3.82. The van der Waals surface area contributed by atoms with Crippen LogP contribution >= 0.6 is 0 Å². The van der Waals surface area contributed by atoms with Crippen molar-refractivity contribution in [3.63, 3.8) is 0 Å². The monoisotopic (exact) mass is 295 g/mol. The number of amides is 1. The van der Waals surface area contributed by atoms with Crippen LogP contribution in [0, 0.1) is 13.8 Å². The standard InChI is InChI=1S/C18H17NO3/c1-12-8-9-13(2)15(10-12)19-18(22)17(21)11-16(20)14-6-4-3-5-7-14/h3-11,20H,1-2H3,(H,19,22)/b16-11-. The third-order valence-corrected chi connectivity index (χ3v) is 3.20. The number of nitrogens with one attached hydrogen (secondary N) is 1. The van der Waals surface area contributed by atoms with Crippen molar-refractivity contribution >= 4 is 23.1 Å². The van der Waals surface area contributed by atoms with Crippen molar-refractivity contribution in [3.05, 3.63) is 71.3 Å². The topological polar surface area (TPSA) is 66.4 Å². The van der Waals surface area contributed by atoms with E-state index >= 15 is 0 Å². The summed E-state index contributed by atoms with van der Waals surface area (Å²) in [6, 6.07) is 14.2. The Kier molecular flexibility index (Phi) is 4.73. The van der Waals surface area contributed by atoms with Gasteiger partial charge in [-0.1, -0.05) is 42.5 Å². The number of hydrogen-bond acceptors (Lipinski definition) is 3. The molecular formula is C18H17NO3. The highest BCUT2D eigenvalue weighted by Gasteiger charge is 2.14. The second-order valence-corrected chi connectivity index (χ2v) is 5.03. The van der Waals surface area contributed by atoms with Crippen molar-refractivity contribution in [2.24, 2.45) is 0 Å². The summed E-state index contributed by atoms with van der Waals surface area (Å²) in [7, 11) is 0. The van der Waals surface area contributed by atoms with Crippen LogP contribution in [0.1, 0.15) is 16.7 Å². The molecule has 0 bridgehead atoms. The number of benzene rings is 2. The average Bonchev–Trinajstić information content (AvgIpc) is 2.51. The largest absolute Gasteiger partial charge is 0.507 e. The number of aliphatic hydroxyl groups is 1. The second-order valence-electron chi connectivity index (χ2n) is 5.03. The number of hydrogen-bond donors (Lipinski definition) is 2. The van der Waals surface area contributed by atoms with Gasteiger partial charge in [0.25, 0.3) is 5.91 Å². The van der Waals surface area contributed by atoms with E-state index in [1.807, 2.05) is 26.0 Å². The minimum atomic E-state index is -0.803. The second kappa shape index (κ2) is 6.72. The Morgan fingerprint density at radius 2 is 1.73 bits per heavy atom. The van der Waals surface area contributed by atoms with Crippen LogP contribution in [0.25, 0.3) is 5.76 Å². The maximum atomic E-state index is 11.9. The molecule has 2 N–H and O–H groups in total. The van der Waals surface area contributed by atoms with Gasteiger partial charge < -0.3 is 10.4 Å². The molecule has 0 fully saturated rings. The summed E-state index contributed by atoms with van der Waals surface area (Å²) in [6.45, 7) is 3.74. The Bertz CT molecular complexity index is 733. The van der Waals surface area contributed by atoms with Crippen LogP contribution in [0.5, 0.6) is 0 Å². The molecule has 112 valence electrons. The number of carbonyl (C=O) groups is 2. The molecule has 4 heteroatoms. The van der Waals surface area contributed by atoms with E-state index < -0.39 is 11.7 Å². The molecule has 4 nitrogen and oxygen atoms in total. The number of anilines is 1. The van der Waals surface area contributed by atoms with Crippen LogP contribution in [0.15, 0.2) is 54.6 Å². The van der Waals surface area contributed by atoms with Gasteiger partial charge in [0.1, 0.15) is 5.76 Å². The first-order valence-corrected chi connectivity index (χ1v) is 6.86. The number of aryl methyl sites for hydroxylation is 2. The molecule has 2 rings (SSSR count). The fourth-order valence-electron chi connectivity index (χ4n) is 1.94. The van der Waals surface area contributed by atoms with E-state index in [0.29, 0.717) is 11.3 Å². The van der Waals surface area contributed by atoms with Crippen molar-refractivity contribution in [2.75, 3.05) is 5.32 Å². The van der Waals surface area contributed by atoms with E-state index in [1.165, 1.54) is 0 Å². The summed E-state index contributed by atoms with van der Waals surface area (Å²) in [4.78, 5) is 23.8. The summed E-state index contributed by atoms with van der Waals surface area (Å²) >= 11 is 0. The first-order chi connectivity index (χ1) is 10.5. The van der Waals surface area contributed by atoms with Gasteiger partial charge in [-0.15, -0.1) is 0 Å². The Balaban J connectivity index is 2.13. The van der Waals surface area contributed by atoms with Crippen molar-refractivity contribution in [1.82, 2.24) is 0 Å². The van der Waals surface area contributed by atoms with Crippen LogP contribution in [0.2, 0.25) is 0 Å². The summed E-state index contributed by atoms with van der Waals surface area (Å²) in [6.07, 6.45) is 0.926. The Hall–Kier alpha value is -2.88. The lowest BCUT2D eigenvalue weighted by atomic mass is 10.1. The average molecular weight is 295 g/mol. The van der Waals surface area contributed by atoms with Crippen molar-refractivity contribution in [3.8, 4) is 0 Å². The molecule has 0 aromatic heterocycles. The Morgan fingerprint density at radius 1 is 1.05 bits per heavy atom. The molecule has 22 heavy (non-hydrogen) atoms. The fraction of sp³-hybridized carbons (Fsp3) is 0.111. The first kappa shape index (κ1) is 15.5. The van der Waals surface area contributed by atoms with Gasteiger partial charge in [-0.3, -0.25) is 9.59 Å². The number of aliphatic hydroxyl groups excluding tert-OH is 1. The predicted octanol–water partition coefficient (Wildman–Crippen LogP) is 3.41. The van der Waals surface area contributed by atoms with E-state index in [1.54, 1.807) is 36.4 Å². The van der Waals surface area contributed by atoms with Crippen molar-refractivity contribution < 1.29 is 14.7 Å². The molecule has 0 saturated heterocycles. The quantitative estimate of drug-likeness (QED) is 0.516. The molecule has 0 aliphatic carbocycles. The summed E-state index contributed by atoms with van der Waals surface area (Å²) in [5.74, 6) is -1.82. The molecule has 2 aromatic rings. The molecule has 2 aromatic carbocycles. The lowest BCUT2D eigenvalue weighted by Crippen LogP contribution is -2.21. The summed E-state index contributed by atoms with van der Waals surface area (Å²) in [5, 5.41) is 12.4. The first-order valence-electron chi connectivity index (χ1n) is 6.86. The molecule has 1 amide bonds. The maximum absolute atomic E-state index is 11.9. The molecule has 0 radical (unpaired) electrons. The van der Waals surface area contributed by atoms with Crippen LogP contribution in [-0.2, 0) is 9.59 Å². The van der Waals surface area contributed by atoms with Gasteiger partial charge in [0, 0.05) is 17.3 Å². The van der Waals surface area contributed by atoms with Gasteiger partial charge in [-0.25, -0.2) is 0 Å². The predicted molar refractivity (Wildman–Crippen MR) is 86.6 cm³/mol. The zero-order chi connectivity index (χ0) is 16.1. The highest BCUT2D eigenvalue weighted by molar-refractivity contribution is 6.45. The van der Waals surface area contributed by atoms with Crippen LogP contribution in [0.4, 0.5) is 5.69 Å². The van der Waals surface area contributed by atoms with Crippen LogP contribution in [0.3, 0.4) is 0 Å². The van der Waals surface area contributed by atoms with Gasteiger partial charge in [-0.2, -0.15) is 0 Å². The van der Waals surface area contributed by atoms with E-state index in [4.69, 9.17) is 0 Å². The van der Waals surface area contributed by atoms with Crippen molar-refractivity contribution in [1.29, 1.82) is 0 Å². The number of ketones is 1. The fourth-order valence-corrected chi connectivity index (χ4v) is 1.94. The molecular weight excluding hydrogens is 278 g/mol. The summed E-state index contributed by atoms with van der Waals surface area (Å²) < 4.78 is 0. The molecule has 0 unspecified atom stereocenters. The number of rotatable bonds is 4. The molecule has 0 heterocycles. The lowest BCUT2D eigenvalue weighted by Gasteiger charge is -2.08. The van der Waals surface area contributed by atoms with Crippen molar-refractivity contribution in [2.45, 2.75) is 13.8 Å². The Labute approximate surface area is 129 Å². The lowest BCUT2D eigenvalue weighted by molar-refractivity contribution is -0.131. The van der Waals surface area contributed by atoms with Gasteiger partial charge in [0.05, 0.1) is 0 Å². The Morgan fingerprint density at radius 3 is 2.41 bits per heavy atom. The molecule has 0 saturated carbocycles. The maximum Gasteiger partial charge on any atom is 0.296 e. The summed E-state index contributed by atoms with van der Waals surface area (Å²) in [5.41, 5.74) is 2.92. The normalized spacial score (nSPS) is 11.1. The third-order valence-electron chi connectivity index (χ3n) is 3.20. The minimum absolute atomic E-state index is 0.235. The number of carbonyl (C=O) groups excluding carboxylic acids is 2. The van der Waals surface area contributed by atoms with Crippen LogP contribution in [-0.4, -0.2) is 16.8 Å². The molecule has 0 aliphatic rings. The zero-order valence-electron chi connectivity index (χ0n) is 12.5. The molecule has 0 atom stereocenters. The van der Waals surface area contributed by atoms with E-state index in [0.717, 1.165) is 17.2 Å². The van der Waals surface area contributed by atoms with Gasteiger partial charge in [0.15, 0.2) is 0 Å². The minimum Gasteiger partial charge on any atom is -0.507 e. The van der Waals surface area contributed by atoms with Crippen LogP contribution < -0.4 is 5.32 Å². The van der Waals surface area contributed by atoms with E-state index in [9.17, 15) is 14.7 Å². The SMILES string of the molecule is Cc1ccc(C)c(NC(=O)C(=O)/C=C(\O)c2ccccc2)c1. The molecule has 0 spiro atoms. The van der Waals surface area contributed by atoms with Gasteiger partial charge in [0.2, 0.25) is 5.78 Å². The smallest absolute Gasteiger partial charge is 0.296 e. The van der Waals surface area contributed by atoms with Gasteiger partial charge >= 0.3 is 0 Å². The highest BCUT2D eigenvalue weighted by atomic mass is 16.3. The van der Waals surface area contributed by atoms with E-state index in [-0.39, 0.29) is 5.76 Å². The highest BCUT2D eigenvalue weighted by Crippen LogP contribution is 2.16. The zero-order valence-corrected chi connectivity index (χ0v) is 12.5. The van der Waals surface area contributed by atoms with E-state index in [2.05, 4.69) is 5.32 Å².